The normalized spacial score (nSPS) is 15.6. The molecule has 1 aromatic rings. The number of likely N-dealkylation sites (tertiary alicyclic amines) is 1. The first-order valence-corrected chi connectivity index (χ1v) is 8.21. The molecule has 1 aliphatic rings. The lowest BCUT2D eigenvalue weighted by Crippen LogP contribution is -2.43. The number of hydrogen-bond donors (Lipinski definition) is 1. The van der Waals surface area contributed by atoms with Gasteiger partial charge in [0, 0.05) is 25.6 Å². The molecule has 4 nitrogen and oxygen atoms in total. The monoisotopic (exact) mass is 302 g/mol. The van der Waals surface area contributed by atoms with Gasteiger partial charge in [-0.3, -0.25) is 9.59 Å². The number of aryl methyl sites for hydroxylation is 1. The van der Waals surface area contributed by atoms with E-state index < -0.39 is 0 Å². The third-order valence-corrected chi connectivity index (χ3v) is 4.37. The number of benzene rings is 1. The Bertz CT molecular complexity index is 520. The molecule has 0 radical (unpaired) electrons. The van der Waals surface area contributed by atoms with E-state index in [9.17, 15) is 9.59 Å². The number of hydrogen-bond acceptors (Lipinski definition) is 2. The zero-order valence-corrected chi connectivity index (χ0v) is 13.6. The molecule has 1 fully saturated rings. The van der Waals surface area contributed by atoms with Crippen LogP contribution in [0.25, 0.3) is 0 Å². The molecule has 2 rings (SSSR count). The highest BCUT2D eigenvalue weighted by atomic mass is 16.2. The maximum Gasteiger partial charge on any atom is 0.226 e. The Balaban J connectivity index is 1.82. The summed E-state index contributed by atoms with van der Waals surface area (Å²) in [7, 11) is 0. The summed E-state index contributed by atoms with van der Waals surface area (Å²) in [5.41, 5.74) is 2.25. The number of nitrogens with zero attached hydrogens (tertiary/aromatic N) is 1. The van der Waals surface area contributed by atoms with Crippen molar-refractivity contribution in [2.75, 3.05) is 19.6 Å². The molecule has 0 unspecified atom stereocenters. The predicted molar refractivity (Wildman–Crippen MR) is 87.5 cm³/mol. The van der Waals surface area contributed by atoms with Crippen LogP contribution in [0.2, 0.25) is 0 Å². The number of nitrogens with one attached hydrogen (secondary N) is 1. The van der Waals surface area contributed by atoms with Crippen LogP contribution in [-0.4, -0.2) is 36.3 Å². The SMILES string of the molecule is CCCNC(=O)C1CCN(C(=O)Cc2ccccc2C)CC1. The van der Waals surface area contributed by atoms with Gasteiger partial charge < -0.3 is 10.2 Å². The Morgan fingerprint density at radius 3 is 2.55 bits per heavy atom. The molecule has 1 aromatic carbocycles. The summed E-state index contributed by atoms with van der Waals surface area (Å²) in [4.78, 5) is 26.2. The molecule has 22 heavy (non-hydrogen) atoms. The topological polar surface area (TPSA) is 49.4 Å². The van der Waals surface area contributed by atoms with Gasteiger partial charge in [0.05, 0.1) is 6.42 Å². The van der Waals surface area contributed by atoms with E-state index in [-0.39, 0.29) is 17.7 Å². The molecule has 0 atom stereocenters. The molecular weight excluding hydrogens is 276 g/mol. The van der Waals surface area contributed by atoms with E-state index in [1.807, 2.05) is 43.0 Å². The molecule has 1 heterocycles. The molecule has 1 saturated heterocycles. The van der Waals surface area contributed by atoms with Gasteiger partial charge in [0.25, 0.3) is 0 Å². The summed E-state index contributed by atoms with van der Waals surface area (Å²) in [6.45, 7) is 6.20. The molecule has 120 valence electrons. The van der Waals surface area contributed by atoms with Crippen LogP contribution in [0.4, 0.5) is 0 Å². The van der Waals surface area contributed by atoms with Crippen LogP contribution in [0.1, 0.15) is 37.3 Å². The summed E-state index contributed by atoms with van der Waals surface area (Å²) in [5, 5.41) is 2.95. The molecule has 2 amide bonds. The van der Waals surface area contributed by atoms with Crippen LogP contribution in [0.15, 0.2) is 24.3 Å². The first-order chi connectivity index (χ1) is 10.6. The minimum Gasteiger partial charge on any atom is -0.356 e. The van der Waals surface area contributed by atoms with Crippen molar-refractivity contribution in [1.29, 1.82) is 0 Å². The molecule has 0 bridgehead atoms. The first kappa shape index (κ1) is 16.5. The van der Waals surface area contributed by atoms with Gasteiger partial charge in [0.15, 0.2) is 0 Å². The molecule has 0 aliphatic carbocycles. The minimum atomic E-state index is 0.0639. The number of piperidine rings is 1. The fraction of sp³-hybridized carbons (Fsp3) is 0.556. The zero-order valence-electron chi connectivity index (χ0n) is 13.6. The summed E-state index contributed by atoms with van der Waals surface area (Å²) in [6.07, 6.45) is 2.96. The van der Waals surface area contributed by atoms with Crippen LogP contribution in [0, 0.1) is 12.8 Å². The second kappa shape index (κ2) is 7.97. The van der Waals surface area contributed by atoms with E-state index >= 15 is 0 Å². The van der Waals surface area contributed by atoms with Crippen molar-refractivity contribution in [1.82, 2.24) is 10.2 Å². The molecule has 0 saturated carbocycles. The van der Waals surface area contributed by atoms with Crippen molar-refractivity contribution in [2.45, 2.75) is 39.5 Å². The number of amides is 2. The number of rotatable bonds is 5. The summed E-state index contributed by atoms with van der Waals surface area (Å²) in [5.74, 6) is 0.378. The summed E-state index contributed by atoms with van der Waals surface area (Å²) < 4.78 is 0. The highest BCUT2D eigenvalue weighted by molar-refractivity contribution is 5.81. The van der Waals surface area contributed by atoms with E-state index in [0.717, 1.165) is 36.9 Å². The van der Waals surface area contributed by atoms with Gasteiger partial charge in [0.2, 0.25) is 11.8 Å². The van der Waals surface area contributed by atoms with E-state index in [0.29, 0.717) is 19.5 Å². The maximum atomic E-state index is 12.4. The Morgan fingerprint density at radius 2 is 1.91 bits per heavy atom. The molecule has 0 spiro atoms. The van der Waals surface area contributed by atoms with E-state index in [1.54, 1.807) is 0 Å². The van der Waals surface area contributed by atoms with Gasteiger partial charge in [0.1, 0.15) is 0 Å². The van der Waals surface area contributed by atoms with Crippen molar-refractivity contribution in [3.05, 3.63) is 35.4 Å². The van der Waals surface area contributed by atoms with Crippen molar-refractivity contribution in [3.8, 4) is 0 Å². The lowest BCUT2D eigenvalue weighted by Gasteiger charge is -2.31. The molecule has 1 aliphatic heterocycles. The lowest BCUT2D eigenvalue weighted by molar-refractivity contribution is -0.135. The lowest BCUT2D eigenvalue weighted by atomic mass is 9.95. The third-order valence-electron chi connectivity index (χ3n) is 4.37. The Labute approximate surface area is 132 Å². The Morgan fingerprint density at radius 1 is 1.23 bits per heavy atom. The quantitative estimate of drug-likeness (QED) is 0.907. The second-order valence-electron chi connectivity index (χ2n) is 6.05. The van der Waals surface area contributed by atoms with Gasteiger partial charge in [-0.25, -0.2) is 0 Å². The molecule has 4 heteroatoms. The zero-order chi connectivity index (χ0) is 15.9. The minimum absolute atomic E-state index is 0.0639. The maximum absolute atomic E-state index is 12.4. The molecular formula is C18H26N2O2. The predicted octanol–water partition coefficient (Wildman–Crippen LogP) is 2.30. The Hall–Kier alpha value is -1.84. The van der Waals surface area contributed by atoms with E-state index in [4.69, 9.17) is 0 Å². The highest BCUT2D eigenvalue weighted by Crippen LogP contribution is 2.19. The Kier molecular flexibility index (Phi) is 5.99. The molecule has 1 N–H and O–H groups in total. The number of carbonyl (C=O) groups excluding carboxylic acids is 2. The third kappa shape index (κ3) is 4.33. The average Bonchev–Trinajstić information content (AvgIpc) is 2.55. The molecule has 0 aromatic heterocycles. The van der Waals surface area contributed by atoms with Crippen molar-refractivity contribution in [2.24, 2.45) is 5.92 Å². The van der Waals surface area contributed by atoms with Crippen LogP contribution >= 0.6 is 0 Å². The van der Waals surface area contributed by atoms with Crippen molar-refractivity contribution in [3.63, 3.8) is 0 Å². The van der Waals surface area contributed by atoms with Crippen LogP contribution in [0.5, 0.6) is 0 Å². The smallest absolute Gasteiger partial charge is 0.226 e. The largest absolute Gasteiger partial charge is 0.356 e. The number of carbonyl (C=O) groups is 2. The van der Waals surface area contributed by atoms with Crippen molar-refractivity contribution < 1.29 is 9.59 Å². The van der Waals surface area contributed by atoms with Gasteiger partial charge in [-0.1, -0.05) is 31.2 Å². The summed E-state index contributed by atoms with van der Waals surface area (Å²) >= 11 is 0. The first-order valence-electron chi connectivity index (χ1n) is 8.21. The standard InChI is InChI=1S/C18H26N2O2/c1-3-10-19-18(22)15-8-11-20(12-9-15)17(21)13-16-7-5-4-6-14(16)2/h4-7,15H,3,8-13H2,1-2H3,(H,19,22). The van der Waals surface area contributed by atoms with Gasteiger partial charge in [-0.05, 0) is 37.3 Å². The highest BCUT2D eigenvalue weighted by Gasteiger charge is 2.27. The van der Waals surface area contributed by atoms with Crippen LogP contribution in [-0.2, 0) is 16.0 Å². The van der Waals surface area contributed by atoms with Gasteiger partial charge in [-0.15, -0.1) is 0 Å². The van der Waals surface area contributed by atoms with Gasteiger partial charge in [-0.2, -0.15) is 0 Å². The van der Waals surface area contributed by atoms with Crippen LogP contribution in [0.3, 0.4) is 0 Å². The van der Waals surface area contributed by atoms with E-state index in [1.165, 1.54) is 0 Å². The fourth-order valence-electron chi connectivity index (χ4n) is 2.87. The fourth-order valence-corrected chi connectivity index (χ4v) is 2.87. The van der Waals surface area contributed by atoms with Gasteiger partial charge >= 0.3 is 0 Å². The van der Waals surface area contributed by atoms with Crippen LogP contribution < -0.4 is 5.32 Å². The van der Waals surface area contributed by atoms with Crippen molar-refractivity contribution >= 4 is 11.8 Å². The van der Waals surface area contributed by atoms with E-state index in [2.05, 4.69) is 5.32 Å². The summed E-state index contributed by atoms with van der Waals surface area (Å²) in [6, 6.07) is 8.01. The second-order valence-corrected chi connectivity index (χ2v) is 6.05. The average molecular weight is 302 g/mol.